The number of carbonyl (C=O) groups excluding carboxylic acids is 1. The van der Waals surface area contributed by atoms with Crippen molar-refractivity contribution < 1.29 is 9.53 Å². The van der Waals surface area contributed by atoms with Crippen molar-refractivity contribution in [2.75, 3.05) is 33.3 Å². The Morgan fingerprint density at radius 1 is 1.29 bits per heavy atom. The monoisotopic (exact) mass is 500 g/mol. The van der Waals surface area contributed by atoms with Crippen molar-refractivity contribution in [3.63, 3.8) is 0 Å². The van der Waals surface area contributed by atoms with Gasteiger partial charge in [0.25, 0.3) is 5.91 Å². The van der Waals surface area contributed by atoms with Gasteiger partial charge in [-0.25, -0.2) is 0 Å². The summed E-state index contributed by atoms with van der Waals surface area (Å²) in [5.41, 5.74) is 1.60. The Hall–Kier alpha value is -1.51. The van der Waals surface area contributed by atoms with Crippen molar-refractivity contribution in [3.8, 4) is 5.75 Å². The largest absolute Gasteiger partial charge is 0.484 e. The zero-order chi connectivity index (χ0) is 19.3. The molecule has 3 rings (SSSR count). The number of aliphatic imine (C=N–C) groups is 1. The van der Waals surface area contributed by atoms with E-state index >= 15 is 0 Å². The van der Waals surface area contributed by atoms with Crippen LogP contribution in [0.25, 0.3) is 0 Å². The van der Waals surface area contributed by atoms with E-state index in [9.17, 15) is 4.79 Å². The van der Waals surface area contributed by atoms with E-state index < -0.39 is 0 Å². The summed E-state index contributed by atoms with van der Waals surface area (Å²) in [7, 11) is 1.85. The number of likely N-dealkylation sites (tertiary alicyclic amines) is 1. The predicted molar refractivity (Wildman–Crippen MR) is 124 cm³/mol. The van der Waals surface area contributed by atoms with Gasteiger partial charge in [0.15, 0.2) is 12.6 Å². The first-order valence-electron chi connectivity index (χ1n) is 9.92. The van der Waals surface area contributed by atoms with Gasteiger partial charge in [0.1, 0.15) is 5.75 Å². The molecule has 156 valence electrons. The van der Waals surface area contributed by atoms with E-state index in [1.54, 1.807) is 0 Å². The highest BCUT2D eigenvalue weighted by atomic mass is 127. The zero-order valence-electron chi connectivity index (χ0n) is 17.2. The van der Waals surface area contributed by atoms with Crippen molar-refractivity contribution in [2.24, 2.45) is 10.4 Å². The molecule has 0 spiro atoms. The van der Waals surface area contributed by atoms with Gasteiger partial charge in [0, 0.05) is 32.7 Å². The number of guanidine groups is 1. The number of carbonyl (C=O) groups is 1. The maximum absolute atomic E-state index is 11.7. The molecule has 2 aliphatic rings. The molecule has 1 saturated carbocycles. The van der Waals surface area contributed by atoms with Crippen LogP contribution in [0.15, 0.2) is 29.3 Å². The van der Waals surface area contributed by atoms with Crippen molar-refractivity contribution in [3.05, 3.63) is 29.8 Å². The Morgan fingerprint density at radius 3 is 2.57 bits per heavy atom. The molecule has 0 radical (unpaired) electrons. The molecule has 0 unspecified atom stereocenters. The third-order valence-corrected chi connectivity index (χ3v) is 5.12. The van der Waals surface area contributed by atoms with Gasteiger partial charge >= 0.3 is 0 Å². The number of ether oxygens (including phenoxy) is 1. The quantitative estimate of drug-likeness (QED) is 0.344. The standard InChI is InChI=1S/C21H32N4O2.HI/c1-21(2)11-13-25(15-21)20(22-3)23-12-10-16-4-8-18(9-5-16)27-14-19(26)24-17-6-7-17;/h4-5,8-9,17H,6-7,10-15H2,1-3H3,(H,22,23)(H,24,26);1H. The third kappa shape index (κ3) is 7.14. The number of hydrogen-bond donors (Lipinski definition) is 2. The average molecular weight is 500 g/mol. The fourth-order valence-electron chi connectivity index (χ4n) is 3.34. The van der Waals surface area contributed by atoms with Crippen LogP contribution in [0.5, 0.6) is 5.75 Å². The van der Waals surface area contributed by atoms with Crippen LogP contribution < -0.4 is 15.4 Å². The van der Waals surface area contributed by atoms with Gasteiger partial charge in [-0.15, -0.1) is 24.0 Å². The molecule has 0 bridgehead atoms. The minimum Gasteiger partial charge on any atom is -0.484 e. The van der Waals surface area contributed by atoms with Crippen LogP contribution in [-0.2, 0) is 11.2 Å². The normalized spacial score (nSPS) is 18.4. The van der Waals surface area contributed by atoms with Gasteiger partial charge in [-0.05, 0) is 48.8 Å². The van der Waals surface area contributed by atoms with Crippen LogP contribution in [0.1, 0.15) is 38.7 Å². The highest BCUT2D eigenvalue weighted by molar-refractivity contribution is 14.0. The molecule has 7 heteroatoms. The Kier molecular flexibility index (Phi) is 8.39. The number of halogens is 1. The molecule has 1 aliphatic heterocycles. The molecular weight excluding hydrogens is 467 g/mol. The number of hydrogen-bond acceptors (Lipinski definition) is 3. The van der Waals surface area contributed by atoms with Crippen LogP contribution in [0.3, 0.4) is 0 Å². The second-order valence-corrected chi connectivity index (χ2v) is 8.33. The van der Waals surface area contributed by atoms with Gasteiger partial charge in [0.2, 0.25) is 0 Å². The summed E-state index contributed by atoms with van der Waals surface area (Å²) >= 11 is 0. The second kappa shape index (κ2) is 10.3. The highest BCUT2D eigenvalue weighted by Gasteiger charge is 2.30. The Bertz CT molecular complexity index is 671. The molecule has 1 aromatic rings. The van der Waals surface area contributed by atoms with Crippen molar-refractivity contribution in [2.45, 2.75) is 45.6 Å². The smallest absolute Gasteiger partial charge is 0.258 e. The summed E-state index contributed by atoms with van der Waals surface area (Å²) in [6.07, 6.45) is 4.30. The number of rotatable bonds is 7. The third-order valence-electron chi connectivity index (χ3n) is 5.12. The maximum atomic E-state index is 11.7. The first kappa shape index (κ1) is 22.8. The lowest BCUT2D eigenvalue weighted by Gasteiger charge is -2.23. The fourth-order valence-corrected chi connectivity index (χ4v) is 3.34. The molecule has 0 atom stereocenters. The van der Waals surface area contributed by atoms with Gasteiger partial charge in [-0.1, -0.05) is 26.0 Å². The van der Waals surface area contributed by atoms with Crippen LogP contribution in [0, 0.1) is 5.41 Å². The number of nitrogens with one attached hydrogen (secondary N) is 2. The van der Waals surface area contributed by atoms with Crippen molar-refractivity contribution in [1.29, 1.82) is 0 Å². The molecule has 1 heterocycles. The van der Waals surface area contributed by atoms with E-state index in [0.29, 0.717) is 11.5 Å². The topological polar surface area (TPSA) is 66.0 Å². The van der Waals surface area contributed by atoms with Crippen LogP contribution in [0.4, 0.5) is 0 Å². The SMILES string of the molecule is CN=C(NCCc1ccc(OCC(=O)NC2CC2)cc1)N1CCC(C)(C)C1.I. The predicted octanol–water partition coefficient (Wildman–Crippen LogP) is 2.81. The van der Waals surface area contributed by atoms with Gasteiger partial charge in [0.05, 0.1) is 0 Å². The van der Waals surface area contributed by atoms with Gasteiger partial charge in [-0.3, -0.25) is 9.79 Å². The van der Waals surface area contributed by atoms with Crippen LogP contribution in [-0.4, -0.2) is 56.1 Å². The van der Waals surface area contributed by atoms with Gasteiger partial charge in [-0.2, -0.15) is 0 Å². The summed E-state index contributed by atoms with van der Waals surface area (Å²) in [6, 6.07) is 8.34. The minimum atomic E-state index is -0.0396. The molecule has 2 N–H and O–H groups in total. The summed E-state index contributed by atoms with van der Waals surface area (Å²) in [5, 5.41) is 6.39. The number of amides is 1. The Labute approximate surface area is 185 Å². The summed E-state index contributed by atoms with van der Waals surface area (Å²) in [4.78, 5) is 18.4. The summed E-state index contributed by atoms with van der Waals surface area (Å²) < 4.78 is 5.55. The molecular formula is C21H33IN4O2. The fraction of sp³-hybridized carbons (Fsp3) is 0.619. The van der Waals surface area contributed by atoms with Crippen molar-refractivity contribution >= 4 is 35.8 Å². The molecule has 1 amide bonds. The van der Waals surface area contributed by atoms with E-state index in [-0.39, 0.29) is 36.5 Å². The molecule has 2 fully saturated rings. The molecule has 28 heavy (non-hydrogen) atoms. The second-order valence-electron chi connectivity index (χ2n) is 8.33. The maximum Gasteiger partial charge on any atom is 0.258 e. The van der Waals surface area contributed by atoms with E-state index in [2.05, 4.69) is 46.5 Å². The van der Waals surface area contributed by atoms with E-state index in [0.717, 1.165) is 50.6 Å². The van der Waals surface area contributed by atoms with Gasteiger partial charge < -0.3 is 20.3 Å². The Morgan fingerprint density at radius 2 is 2.00 bits per heavy atom. The lowest BCUT2D eigenvalue weighted by Crippen LogP contribution is -2.41. The Balaban J connectivity index is 0.00000280. The van der Waals surface area contributed by atoms with E-state index in [1.807, 2.05) is 19.2 Å². The number of nitrogens with zero attached hydrogens (tertiary/aromatic N) is 2. The van der Waals surface area contributed by atoms with Crippen LogP contribution >= 0.6 is 24.0 Å². The summed E-state index contributed by atoms with van der Waals surface area (Å²) in [6.45, 7) is 7.65. The molecule has 1 aliphatic carbocycles. The van der Waals surface area contributed by atoms with Crippen molar-refractivity contribution in [1.82, 2.24) is 15.5 Å². The minimum absolute atomic E-state index is 0. The van der Waals surface area contributed by atoms with E-state index in [4.69, 9.17) is 4.74 Å². The molecule has 1 saturated heterocycles. The summed E-state index contributed by atoms with van der Waals surface area (Å²) in [5.74, 6) is 1.68. The number of benzene rings is 1. The van der Waals surface area contributed by atoms with E-state index in [1.165, 1.54) is 12.0 Å². The zero-order valence-corrected chi connectivity index (χ0v) is 19.5. The lowest BCUT2D eigenvalue weighted by atomic mass is 9.93. The molecule has 1 aromatic carbocycles. The molecule has 6 nitrogen and oxygen atoms in total. The highest BCUT2D eigenvalue weighted by Crippen LogP contribution is 2.28. The first-order valence-corrected chi connectivity index (χ1v) is 9.92. The van der Waals surface area contributed by atoms with Crippen LogP contribution in [0.2, 0.25) is 0 Å². The average Bonchev–Trinajstić information content (AvgIpc) is 3.38. The molecule has 0 aromatic heterocycles. The first-order chi connectivity index (χ1) is 12.9. The lowest BCUT2D eigenvalue weighted by molar-refractivity contribution is -0.123.